The van der Waals surface area contributed by atoms with Crippen molar-refractivity contribution in [1.82, 2.24) is 20.4 Å². The van der Waals surface area contributed by atoms with Gasteiger partial charge in [-0.05, 0) is 67.0 Å². The summed E-state index contributed by atoms with van der Waals surface area (Å²) in [5.74, 6) is 0.0565. The summed E-state index contributed by atoms with van der Waals surface area (Å²) in [4.78, 5) is 31.3. The number of amides is 1. The molecule has 3 aromatic rings. The lowest BCUT2D eigenvalue weighted by Gasteiger charge is -2.21. The van der Waals surface area contributed by atoms with E-state index in [1.54, 1.807) is 45.0 Å². The van der Waals surface area contributed by atoms with Gasteiger partial charge in [0.15, 0.2) is 5.82 Å². The van der Waals surface area contributed by atoms with E-state index in [0.717, 1.165) is 0 Å². The van der Waals surface area contributed by atoms with Crippen LogP contribution in [0.15, 0.2) is 45.5 Å². The molecule has 11 heteroatoms. The lowest BCUT2D eigenvalue weighted by Crippen LogP contribution is -2.41. The molecule has 0 fully saturated rings. The van der Waals surface area contributed by atoms with Gasteiger partial charge in [-0.1, -0.05) is 5.16 Å². The van der Waals surface area contributed by atoms with Gasteiger partial charge in [0.1, 0.15) is 17.6 Å². The van der Waals surface area contributed by atoms with E-state index in [1.807, 2.05) is 0 Å². The third kappa shape index (κ3) is 6.58. The predicted molar refractivity (Wildman–Crippen MR) is 115 cm³/mol. The number of carbonyl (C=O) groups excluding carboxylic acids is 2. The summed E-state index contributed by atoms with van der Waals surface area (Å²) < 4.78 is 30.1. The quantitative estimate of drug-likeness (QED) is 0.466. The van der Waals surface area contributed by atoms with Gasteiger partial charge in [-0.2, -0.15) is 4.98 Å². The maximum absolute atomic E-state index is 13.9. The smallest absolute Gasteiger partial charge is 0.408 e. The van der Waals surface area contributed by atoms with Crippen LogP contribution < -0.4 is 10.1 Å². The first-order valence-electron chi connectivity index (χ1n) is 9.49. The van der Waals surface area contributed by atoms with E-state index >= 15 is 0 Å². The Morgan fingerprint density at radius 1 is 1.31 bits per heavy atom. The van der Waals surface area contributed by atoms with Gasteiger partial charge in [-0.25, -0.2) is 14.2 Å². The van der Waals surface area contributed by atoms with E-state index in [9.17, 15) is 14.0 Å². The topological polar surface area (TPSA) is 116 Å². The summed E-state index contributed by atoms with van der Waals surface area (Å²) in [5.41, 5.74) is -0.0797. The lowest BCUT2D eigenvalue weighted by atomic mass is 10.2. The molecule has 9 nitrogen and oxygen atoms in total. The van der Waals surface area contributed by atoms with E-state index in [4.69, 9.17) is 14.0 Å². The summed E-state index contributed by atoms with van der Waals surface area (Å²) in [5, 5.41) is 6.33. The largest absolute Gasteiger partial charge is 0.444 e. The number of benzene rings is 1. The third-order valence-corrected chi connectivity index (χ3v) is 4.26. The first-order valence-corrected chi connectivity index (χ1v) is 10.3. The van der Waals surface area contributed by atoms with Crippen LogP contribution in [0.25, 0.3) is 11.4 Å². The minimum atomic E-state index is -0.887. The van der Waals surface area contributed by atoms with Crippen LogP contribution in [0, 0.1) is 5.82 Å². The fourth-order valence-electron chi connectivity index (χ4n) is 2.50. The molecule has 1 amide bonds. The normalized spacial score (nSPS) is 12.2. The van der Waals surface area contributed by atoms with Gasteiger partial charge in [0.25, 0.3) is 5.88 Å². The van der Waals surface area contributed by atoms with E-state index in [0.29, 0.717) is 22.1 Å². The van der Waals surface area contributed by atoms with Crippen molar-refractivity contribution in [3.8, 4) is 23.0 Å². The van der Waals surface area contributed by atoms with Crippen LogP contribution >= 0.6 is 15.9 Å². The molecule has 168 valence electrons. The van der Waals surface area contributed by atoms with Crippen molar-refractivity contribution in [3.05, 3.63) is 52.7 Å². The van der Waals surface area contributed by atoms with Gasteiger partial charge in [0.05, 0.1) is 12.5 Å². The molecule has 0 saturated heterocycles. The van der Waals surface area contributed by atoms with Crippen molar-refractivity contribution in [2.45, 2.75) is 38.8 Å². The Balaban J connectivity index is 1.63. The zero-order valence-electron chi connectivity index (χ0n) is 17.5. The molecule has 1 aromatic carbocycles. The lowest BCUT2D eigenvalue weighted by molar-refractivity contribution is -0.109. The number of ether oxygens (including phenoxy) is 2. The SMILES string of the molecule is CC(C)(C)OC(=O)NC(C=O)Cc1nc(-c2ccc(Oc3ncc(Br)cc3F)cc2)no1. The zero-order valence-corrected chi connectivity index (χ0v) is 19.1. The Bertz CT molecular complexity index is 1100. The number of nitrogens with one attached hydrogen (secondary N) is 1. The zero-order chi connectivity index (χ0) is 23.3. The number of carbonyl (C=O) groups is 2. The highest BCUT2D eigenvalue weighted by molar-refractivity contribution is 9.10. The fourth-order valence-corrected chi connectivity index (χ4v) is 2.80. The Morgan fingerprint density at radius 3 is 2.66 bits per heavy atom. The Labute approximate surface area is 191 Å². The second-order valence-corrected chi connectivity index (χ2v) is 8.59. The second-order valence-electron chi connectivity index (χ2n) is 7.67. The van der Waals surface area contributed by atoms with E-state index in [2.05, 4.69) is 36.4 Å². The van der Waals surface area contributed by atoms with Gasteiger partial charge in [-0.15, -0.1) is 0 Å². The molecule has 0 bridgehead atoms. The van der Waals surface area contributed by atoms with E-state index in [-0.39, 0.29) is 24.0 Å². The van der Waals surface area contributed by atoms with Crippen LogP contribution in [0.1, 0.15) is 26.7 Å². The number of aldehydes is 1. The van der Waals surface area contributed by atoms with Crippen LogP contribution in [0.4, 0.5) is 9.18 Å². The number of halogens is 2. The summed E-state index contributed by atoms with van der Waals surface area (Å²) >= 11 is 3.13. The summed E-state index contributed by atoms with van der Waals surface area (Å²) in [6.45, 7) is 5.15. The molecule has 0 radical (unpaired) electrons. The predicted octanol–water partition coefficient (Wildman–Crippen LogP) is 4.46. The van der Waals surface area contributed by atoms with Gasteiger partial charge in [-0.3, -0.25) is 0 Å². The van der Waals surface area contributed by atoms with E-state index < -0.39 is 23.6 Å². The van der Waals surface area contributed by atoms with Crippen molar-refractivity contribution < 1.29 is 28.0 Å². The molecule has 0 aliphatic heterocycles. The Morgan fingerprint density at radius 2 is 2.03 bits per heavy atom. The van der Waals surface area contributed by atoms with Gasteiger partial charge in [0, 0.05) is 16.2 Å². The number of aromatic nitrogens is 3. The molecule has 2 heterocycles. The minimum Gasteiger partial charge on any atom is -0.444 e. The standard InChI is InChI=1S/C21H20BrFN4O5/c1-21(2,3)31-20(29)25-14(11-28)9-17-26-18(27-32-17)12-4-6-15(7-5-12)30-19-16(23)8-13(22)10-24-19/h4-8,10-11,14H,9H2,1-3H3,(H,25,29). The van der Waals surface area contributed by atoms with Gasteiger partial charge >= 0.3 is 6.09 Å². The first kappa shape index (κ1) is 23.3. The average molecular weight is 507 g/mol. The van der Waals surface area contributed by atoms with Gasteiger partial charge in [0.2, 0.25) is 11.7 Å². The highest BCUT2D eigenvalue weighted by Gasteiger charge is 2.21. The Hall–Kier alpha value is -3.34. The van der Waals surface area contributed by atoms with E-state index in [1.165, 1.54) is 12.3 Å². The van der Waals surface area contributed by atoms with Crippen molar-refractivity contribution >= 4 is 28.3 Å². The highest BCUT2D eigenvalue weighted by atomic mass is 79.9. The molecule has 1 N–H and O–H groups in total. The summed E-state index contributed by atoms with van der Waals surface area (Å²) in [6.07, 6.45) is 1.28. The maximum atomic E-state index is 13.9. The molecule has 1 unspecified atom stereocenters. The fraction of sp³-hybridized carbons (Fsp3) is 0.286. The molecule has 1 atom stereocenters. The maximum Gasteiger partial charge on any atom is 0.408 e. The van der Waals surface area contributed by atoms with Crippen LogP contribution in [0.3, 0.4) is 0 Å². The molecule has 2 aromatic heterocycles. The number of hydrogen-bond donors (Lipinski definition) is 1. The molecule has 3 rings (SSSR count). The number of alkyl carbamates (subject to hydrolysis) is 1. The van der Waals surface area contributed by atoms with Crippen molar-refractivity contribution in [3.63, 3.8) is 0 Å². The molecule has 0 aliphatic carbocycles. The molecule has 0 aliphatic rings. The van der Waals surface area contributed by atoms with Crippen LogP contribution in [0.2, 0.25) is 0 Å². The third-order valence-electron chi connectivity index (χ3n) is 3.83. The first-order chi connectivity index (χ1) is 15.1. The van der Waals surface area contributed by atoms with Crippen LogP contribution in [0.5, 0.6) is 11.6 Å². The van der Waals surface area contributed by atoms with Crippen molar-refractivity contribution in [2.24, 2.45) is 0 Å². The molecule has 0 saturated carbocycles. The summed E-state index contributed by atoms with van der Waals surface area (Å²) in [7, 11) is 0. The number of hydrogen-bond acceptors (Lipinski definition) is 8. The number of pyridine rings is 1. The number of rotatable bonds is 7. The minimum absolute atomic E-state index is 0.00541. The Kier molecular flexibility index (Phi) is 7.18. The van der Waals surface area contributed by atoms with Crippen LogP contribution in [-0.4, -0.2) is 39.1 Å². The average Bonchev–Trinajstić information content (AvgIpc) is 3.17. The molecule has 32 heavy (non-hydrogen) atoms. The second kappa shape index (κ2) is 9.86. The molecule has 0 spiro atoms. The monoisotopic (exact) mass is 506 g/mol. The van der Waals surface area contributed by atoms with Crippen LogP contribution in [-0.2, 0) is 16.0 Å². The molecular formula is C21H20BrFN4O5. The van der Waals surface area contributed by atoms with Gasteiger partial charge < -0.3 is 24.1 Å². The molecular weight excluding hydrogens is 487 g/mol. The highest BCUT2D eigenvalue weighted by Crippen LogP contribution is 2.26. The van der Waals surface area contributed by atoms with Crippen molar-refractivity contribution in [2.75, 3.05) is 0 Å². The summed E-state index contributed by atoms with van der Waals surface area (Å²) in [6, 6.07) is 6.90. The van der Waals surface area contributed by atoms with Crippen molar-refractivity contribution in [1.29, 1.82) is 0 Å². The number of nitrogens with zero attached hydrogens (tertiary/aromatic N) is 3.